The Labute approximate surface area is 237 Å². The first kappa shape index (κ1) is 34.1. The minimum Gasteiger partial charge on any atom is -0.460 e. The molecule has 2 amide bonds. The van der Waals surface area contributed by atoms with Crippen LogP contribution in [0.3, 0.4) is 0 Å². The fraction of sp³-hybridized carbons (Fsp3) is 0.500. The fourth-order valence-corrected chi connectivity index (χ4v) is 3.13. The van der Waals surface area contributed by atoms with Crippen LogP contribution in [0.5, 0.6) is 0 Å². The van der Waals surface area contributed by atoms with Gasteiger partial charge in [-0.1, -0.05) is 37.4 Å². The summed E-state index contributed by atoms with van der Waals surface area (Å²) in [5.41, 5.74) is -0.00583. The molecule has 1 aromatic carbocycles. The Hall–Kier alpha value is -3.90. The number of hydrogen-bond acceptors (Lipinski definition) is 10. The quantitative estimate of drug-likeness (QED) is 0.116. The average molecular weight is 569 g/mol. The zero-order chi connectivity index (χ0) is 30.0. The molecule has 0 radical (unpaired) electrons. The van der Waals surface area contributed by atoms with Crippen LogP contribution in [-0.2, 0) is 49.1 Å². The predicted octanol–water partition coefficient (Wildman–Crippen LogP) is 3.59. The zero-order valence-corrected chi connectivity index (χ0v) is 23.6. The second-order valence-corrected chi connectivity index (χ2v) is 9.32. The highest BCUT2D eigenvalue weighted by molar-refractivity contribution is 5.81. The van der Waals surface area contributed by atoms with Gasteiger partial charge < -0.3 is 39.1 Å². The van der Waals surface area contributed by atoms with Gasteiger partial charge in [0.05, 0.1) is 37.5 Å². The van der Waals surface area contributed by atoms with Gasteiger partial charge in [0.2, 0.25) is 0 Å². The molecular formula is C28H44N2O10. The summed E-state index contributed by atoms with van der Waals surface area (Å²) < 4.78 is 30.4. The SMILES string of the molecule is C=CC(=O)OCCOCCOC(=O)NC(C)(C)c1cccc(C(C)(C)NC(=O)OCCOCCOC(=O)C=C)c1.[HH].[HH]. The standard InChI is InChI=1S/C28H40N2O10.2H2/c1-7-23(31)37-16-12-35-14-18-39-25(33)29-27(3,4)21-10-9-11-22(20-21)28(5,6)30-26(34)40-19-15-36-13-17-38-24(32)8-2;;/h7-11,20H,1-2,12-19H2,3-6H3,(H,29,33)(H,30,34);2*1H. The molecule has 0 fully saturated rings. The molecule has 0 spiro atoms. The third-order valence-corrected chi connectivity index (χ3v) is 5.33. The summed E-state index contributed by atoms with van der Waals surface area (Å²) in [6, 6.07) is 7.42. The van der Waals surface area contributed by atoms with E-state index in [4.69, 9.17) is 28.4 Å². The van der Waals surface area contributed by atoms with Crippen LogP contribution < -0.4 is 10.6 Å². The van der Waals surface area contributed by atoms with Gasteiger partial charge in [0.1, 0.15) is 26.4 Å². The number of esters is 2. The normalized spacial score (nSPS) is 11.1. The molecule has 40 heavy (non-hydrogen) atoms. The third-order valence-electron chi connectivity index (χ3n) is 5.33. The first-order valence-corrected chi connectivity index (χ1v) is 12.7. The smallest absolute Gasteiger partial charge is 0.407 e. The number of rotatable bonds is 18. The van der Waals surface area contributed by atoms with Crippen molar-refractivity contribution in [2.45, 2.75) is 38.8 Å². The lowest BCUT2D eigenvalue weighted by atomic mass is 9.87. The van der Waals surface area contributed by atoms with Gasteiger partial charge in [0.25, 0.3) is 0 Å². The fourth-order valence-electron chi connectivity index (χ4n) is 3.13. The van der Waals surface area contributed by atoms with Gasteiger partial charge in [-0.3, -0.25) is 0 Å². The maximum atomic E-state index is 12.3. The molecule has 12 nitrogen and oxygen atoms in total. The Morgan fingerprint density at radius 1 is 0.675 bits per heavy atom. The van der Waals surface area contributed by atoms with E-state index >= 15 is 0 Å². The Morgan fingerprint density at radius 3 is 1.38 bits per heavy atom. The molecule has 0 bridgehead atoms. The van der Waals surface area contributed by atoms with Crippen molar-refractivity contribution in [2.24, 2.45) is 0 Å². The lowest BCUT2D eigenvalue weighted by molar-refractivity contribution is -0.140. The number of carbonyl (C=O) groups is 4. The van der Waals surface area contributed by atoms with Crippen molar-refractivity contribution in [1.82, 2.24) is 10.6 Å². The van der Waals surface area contributed by atoms with Crippen molar-refractivity contribution < 1.29 is 50.5 Å². The van der Waals surface area contributed by atoms with E-state index in [0.717, 1.165) is 23.3 Å². The van der Waals surface area contributed by atoms with E-state index in [9.17, 15) is 19.2 Å². The maximum absolute atomic E-state index is 12.3. The van der Waals surface area contributed by atoms with Gasteiger partial charge in [0, 0.05) is 15.0 Å². The Balaban J connectivity index is 0. The molecule has 12 heteroatoms. The molecule has 0 saturated carbocycles. The molecule has 0 heterocycles. The van der Waals surface area contributed by atoms with Gasteiger partial charge in [-0.25, -0.2) is 19.2 Å². The number of benzene rings is 1. The van der Waals surface area contributed by atoms with Crippen LogP contribution in [0.15, 0.2) is 49.6 Å². The Bertz CT molecular complexity index is 943. The molecule has 0 unspecified atom stereocenters. The summed E-state index contributed by atoms with van der Waals surface area (Å²) in [6.07, 6.45) is 0.872. The van der Waals surface area contributed by atoms with Crippen LogP contribution in [0.2, 0.25) is 0 Å². The summed E-state index contributed by atoms with van der Waals surface area (Å²) in [4.78, 5) is 46.5. The molecule has 0 saturated heterocycles. The van der Waals surface area contributed by atoms with E-state index < -0.39 is 35.2 Å². The Morgan fingerprint density at radius 2 is 1.02 bits per heavy atom. The minimum atomic E-state index is -0.791. The lowest BCUT2D eigenvalue weighted by Gasteiger charge is -2.30. The summed E-state index contributed by atoms with van der Waals surface area (Å²) in [5.74, 6) is -1.07. The highest BCUT2D eigenvalue weighted by Gasteiger charge is 2.28. The van der Waals surface area contributed by atoms with E-state index in [1.54, 1.807) is 0 Å². The van der Waals surface area contributed by atoms with Gasteiger partial charge in [-0.2, -0.15) is 0 Å². The Kier molecular flexibility index (Phi) is 15.1. The summed E-state index contributed by atoms with van der Waals surface area (Å²) >= 11 is 0. The van der Waals surface area contributed by atoms with E-state index in [1.807, 2.05) is 52.0 Å². The second-order valence-electron chi connectivity index (χ2n) is 9.32. The maximum Gasteiger partial charge on any atom is 0.407 e. The highest BCUT2D eigenvalue weighted by atomic mass is 16.6. The van der Waals surface area contributed by atoms with Crippen LogP contribution in [-0.4, -0.2) is 77.0 Å². The van der Waals surface area contributed by atoms with E-state index in [0.29, 0.717) is 0 Å². The van der Waals surface area contributed by atoms with Gasteiger partial charge in [-0.15, -0.1) is 0 Å². The van der Waals surface area contributed by atoms with Gasteiger partial charge in [0.15, 0.2) is 0 Å². The number of hydrogen-bond donors (Lipinski definition) is 2. The van der Waals surface area contributed by atoms with Crippen LogP contribution in [0.4, 0.5) is 9.59 Å². The molecule has 0 aromatic heterocycles. The van der Waals surface area contributed by atoms with Crippen molar-refractivity contribution >= 4 is 24.1 Å². The molecule has 226 valence electrons. The van der Waals surface area contributed by atoms with Crippen LogP contribution in [0.1, 0.15) is 41.7 Å². The average Bonchev–Trinajstić information content (AvgIpc) is 2.91. The second kappa shape index (κ2) is 17.6. The molecule has 1 aromatic rings. The molecule has 1 rings (SSSR count). The van der Waals surface area contributed by atoms with Crippen molar-refractivity contribution in [3.8, 4) is 0 Å². The largest absolute Gasteiger partial charge is 0.460 e. The van der Waals surface area contributed by atoms with Crippen LogP contribution in [0, 0.1) is 0 Å². The molecular weight excluding hydrogens is 524 g/mol. The van der Waals surface area contributed by atoms with Gasteiger partial charge in [-0.05, 0) is 38.8 Å². The van der Waals surface area contributed by atoms with E-state index in [1.165, 1.54) is 0 Å². The summed E-state index contributed by atoms with van der Waals surface area (Å²) in [5, 5.41) is 5.64. The van der Waals surface area contributed by atoms with Crippen molar-refractivity contribution in [2.75, 3.05) is 52.9 Å². The predicted molar refractivity (Wildman–Crippen MR) is 150 cm³/mol. The molecule has 2 N–H and O–H groups in total. The lowest BCUT2D eigenvalue weighted by Crippen LogP contribution is -2.43. The highest BCUT2D eigenvalue weighted by Crippen LogP contribution is 2.27. The van der Waals surface area contributed by atoms with E-state index in [-0.39, 0.29) is 55.7 Å². The van der Waals surface area contributed by atoms with Crippen LogP contribution in [0.25, 0.3) is 0 Å². The number of alkyl carbamates (subject to hydrolysis) is 2. The number of carbonyl (C=O) groups excluding carboxylic acids is 4. The zero-order valence-electron chi connectivity index (χ0n) is 23.6. The summed E-state index contributed by atoms with van der Waals surface area (Å²) in [6.45, 7) is 14.7. The third kappa shape index (κ3) is 13.8. The number of ether oxygens (including phenoxy) is 6. The first-order valence-electron chi connectivity index (χ1n) is 12.7. The van der Waals surface area contributed by atoms with Crippen molar-refractivity contribution in [1.29, 1.82) is 0 Å². The first-order chi connectivity index (χ1) is 18.9. The van der Waals surface area contributed by atoms with Gasteiger partial charge >= 0.3 is 24.1 Å². The molecule has 0 aliphatic rings. The molecule has 0 aliphatic carbocycles. The number of amides is 2. The minimum absolute atomic E-state index is 0. The molecule has 0 atom stereocenters. The van der Waals surface area contributed by atoms with Crippen LogP contribution >= 0.6 is 0 Å². The topological polar surface area (TPSA) is 148 Å². The van der Waals surface area contributed by atoms with Crippen molar-refractivity contribution in [3.63, 3.8) is 0 Å². The summed E-state index contributed by atoms with van der Waals surface area (Å²) in [7, 11) is 0. The monoisotopic (exact) mass is 568 g/mol. The van der Waals surface area contributed by atoms with E-state index in [2.05, 4.69) is 23.8 Å². The molecule has 0 aliphatic heterocycles. The van der Waals surface area contributed by atoms with Crippen molar-refractivity contribution in [3.05, 3.63) is 60.7 Å². The number of nitrogens with one attached hydrogen (secondary N) is 2.